The third kappa shape index (κ3) is 4.40. The molecule has 1 aliphatic carbocycles. The SMILES string of the molecule is CC1(C)c2ccc(-c3cccc(-c4ccccc4)c3)cc2C(=O)c2cc(-c3cccc(-c4ccccc4)c3)ccc21. The fraction of sp³-hybridized carbons (Fsp3) is 0.0750. The molecule has 0 aromatic heterocycles. The maximum absolute atomic E-state index is 14.1. The van der Waals surface area contributed by atoms with E-state index in [9.17, 15) is 4.79 Å². The largest absolute Gasteiger partial charge is 0.289 e. The van der Waals surface area contributed by atoms with Gasteiger partial charge in [0.25, 0.3) is 0 Å². The van der Waals surface area contributed by atoms with Gasteiger partial charge in [-0.3, -0.25) is 4.79 Å². The van der Waals surface area contributed by atoms with Crippen LogP contribution in [0.2, 0.25) is 0 Å². The molecular formula is C40H30O. The Labute approximate surface area is 241 Å². The van der Waals surface area contributed by atoms with E-state index in [1.807, 2.05) is 12.1 Å². The third-order valence-electron chi connectivity index (χ3n) is 8.48. The summed E-state index contributed by atoms with van der Waals surface area (Å²) in [6.07, 6.45) is 0. The molecule has 7 rings (SSSR count). The quantitative estimate of drug-likeness (QED) is 0.223. The van der Waals surface area contributed by atoms with Crippen molar-refractivity contribution in [2.24, 2.45) is 0 Å². The number of fused-ring (bicyclic) bond motifs is 2. The first-order chi connectivity index (χ1) is 20.0. The van der Waals surface area contributed by atoms with E-state index < -0.39 is 0 Å². The number of ketones is 1. The van der Waals surface area contributed by atoms with Gasteiger partial charge in [-0.25, -0.2) is 0 Å². The van der Waals surface area contributed by atoms with Gasteiger partial charge in [0.15, 0.2) is 5.78 Å². The van der Waals surface area contributed by atoms with Gasteiger partial charge in [0, 0.05) is 16.5 Å². The Morgan fingerprint density at radius 1 is 0.366 bits per heavy atom. The zero-order chi connectivity index (χ0) is 28.0. The van der Waals surface area contributed by atoms with Crippen LogP contribution in [0.15, 0.2) is 146 Å². The van der Waals surface area contributed by atoms with Crippen LogP contribution < -0.4 is 0 Å². The van der Waals surface area contributed by atoms with Crippen molar-refractivity contribution in [3.63, 3.8) is 0 Å². The smallest absolute Gasteiger partial charge is 0.193 e. The molecule has 0 aliphatic heterocycles. The van der Waals surface area contributed by atoms with Crippen LogP contribution in [0.1, 0.15) is 40.9 Å². The first kappa shape index (κ1) is 25.0. The van der Waals surface area contributed by atoms with Crippen LogP contribution in [-0.4, -0.2) is 5.78 Å². The van der Waals surface area contributed by atoms with Gasteiger partial charge in [-0.2, -0.15) is 0 Å². The lowest BCUT2D eigenvalue weighted by molar-refractivity contribution is 0.103. The highest BCUT2D eigenvalue weighted by Crippen LogP contribution is 2.44. The van der Waals surface area contributed by atoms with Crippen molar-refractivity contribution in [3.8, 4) is 44.5 Å². The Bertz CT molecular complexity index is 1770. The van der Waals surface area contributed by atoms with Crippen molar-refractivity contribution in [3.05, 3.63) is 168 Å². The van der Waals surface area contributed by atoms with Crippen LogP contribution in [0.4, 0.5) is 0 Å². The molecule has 0 N–H and O–H groups in total. The molecule has 0 heterocycles. The molecule has 41 heavy (non-hydrogen) atoms. The number of rotatable bonds is 4. The van der Waals surface area contributed by atoms with Crippen LogP contribution in [0.3, 0.4) is 0 Å². The molecule has 0 amide bonds. The minimum Gasteiger partial charge on any atom is -0.289 e. The van der Waals surface area contributed by atoms with Crippen LogP contribution in [0, 0.1) is 0 Å². The van der Waals surface area contributed by atoms with Gasteiger partial charge in [0.2, 0.25) is 0 Å². The van der Waals surface area contributed by atoms with E-state index in [-0.39, 0.29) is 11.2 Å². The zero-order valence-electron chi connectivity index (χ0n) is 23.3. The van der Waals surface area contributed by atoms with Crippen molar-refractivity contribution in [1.29, 1.82) is 0 Å². The Morgan fingerprint density at radius 2 is 0.707 bits per heavy atom. The van der Waals surface area contributed by atoms with Crippen molar-refractivity contribution in [2.45, 2.75) is 19.3 Å². The van der Waals surface area contributed by atoms with Gasteiger partial charge in [0.05, 0.1) is 0 Å². The standard InChI is InChI=1S/C40H30O/c1-40(2)37-21-19-33(31-17-9-15-29(23-31)27-11-5-3-6-12-27)25-35(37)39(41)36-26-34(20-22-38(36)40)32-18-10-16-30(24-32)28-13-7-4-8-14-28/h3-26H,1-2H3. The fourth-order valence-electron chi connectivity index (χ4n) is 6.22. The lowest BCUT2D eigenvalue weighted by Crippen LogP contribution is -2.30. The van der Waals surface area contributed by atoms with E-state index in [0.29, 0.717) is 0 Å². The summed E-state index contributed by atoms with van der Waals surface area (Å²) in [6.45, 7) is 4.45. The summed E-state index contributed by atoms with van der Waals surface area (Å²) in [6, 6.07) is 50.7. The average molecular weight is 527 g/mol. The number of hydrogen-bond donors (Lipinski definition) is 0. The zero-order valence-corrected chi connectivity index (χ0v) is 23.3. The number of carbonyl (C=O) groups excluding carboxylic acids is 1. The summed E-state index contributed by atoms with van der Waals surface area (Å²) < 4.78 is 0. The molecule has 1 heteroatoms. The van der Waals surface area contributed by atoms with Crippen molar-refractivity contribution < 1.29 is 4.79 Å². The predicted octanol–water partition coefficient (Wildman–Crippen LogP) is 10.2. The molecule has 6 aromatic carbocycles. The fourth-order valence-corrected chi connectivity index (χ4v) is 6.22. The minimum absolute atomic E-state index is 0.0939. The number of hydrogen-bond acceptors (Lipinski definition) is 1. The number of carbonyl (C=O) groups is 1. The normalized spacial score (nSPS) is 13.4. The monoisotopic (exact) mass is 526 g/mol. The highest BCUT2D eigenvalue weighted by atomic mass is 16.1. The van der Waals surface area contributed by atoms with Gasteiger partial charge in [-0.05, 0) is 79.9 Å². The average Bonchev–Trinajstić information content (AvgIpc) is 3.04. The molecule has 0 atom stereocenters. The van der Waals surface area contributed by atoms with Crippen molar-refractivity contribution in [1.82, 2.24) is 0 Å². The summed E-state index contributed by atoms with van der Waals surface area (Å²) in [4.78, 5) is 14.1. The Balaban J connectivity index is 1.29. The Kier molecular flexibility index (Phi) is 6.02. The molecule has 6 aromatic rings. The van der Waals surface area contributed by atoms with Gasteiger partial charge in [0.1, 0.15) is 0 Å². The molecule has 1 nitrogen and oxygen atoms in total. The third-order valence-corrected chi connectivity index (χ3v) is 8.48. The van der Waals surface area contributed by atoms with Gasteiger partial charge in [-0.15, -0.1) is 0 Å². The maximum Gasteiger partial charge on any atom is 0.193 e. The number of benzene rings is 6. The molecule has 0 radical (unpaired) electrons. The van der Waals surface area contributed by atoms with Gasteiger partial charge in [-0.1, -0.05) is 135 Å². The molecule has 0 spiro atoms. The highest BCUT2D eigenvalue weighted by molar-refractivity contribution is 6.14. The molecule has 1 aliphatic rings. The van der Waals surface area contributed by atoms with E-state index in [1.165, 1.54) is 22.3 Å². The topological polar surface area (TPSA) is 17.1 Å². The second-order valence-corrected chi connectivity index (χ2v) is 11.4. The van der Waals surface area contributed by atoms with Crippen molar-refractivity contribution in [2.75, 3.05) is 0 Å². The second-order valence-electron chi connectivity index (χ2n) is 11.4. The molecule has 0 fully saturated rings. The Hall–Kier alpha value is -5.01. The minimum atomic E-state index is -0.284. The van der Waals surface area contributed by atoms with Crippen molar-refractivity contribution >= 4 is 5.78 Å². The van der Waals surface area contributed by atoms with E-state index in [1.54, 1.807) is 0 Å². The van der Waals surface area contributed by atoms with Gasteiger partial charge < -0.3 is 0 Å². The molecule has 0 saturated heterocycles. The van der Waals surface area contributed by atoms with Crippen LogP contribution in [-0.2, 0) is 5.41 Å². The van der Waals surface area contributed by atoms with Crippen LogP contribution in [0.25, 0.3) is 44.5 Å². The second kappa shape index (κ2) is 9.87. The summed E-state index contributed by atoms with van der Waals surface area (Å²) in [5, 5.41) is 0. The summed E-state index contributed by atoms with van der Waals surface area (Å²) in [5.41, 5.74) is 12.5. The van der Waals surface area contributed by atoms with E-state index >= 15 is 0 Å². The Morgan fingerprint density at radius 3 is 1.12 bits per heavy atom. The predicted molar refractivity (Wildman–Crippen MR) is 170 cm³/mol. The first-order valence-electron chi connectivity index (χ1n) is 14.1. The maximum atomic E-state index is 14.1. The van der Waals surface area contributed by atoms with Gasteiger partial charge >= 0.3 is 0 Å². The van der Waals surface area contributed by atoms with Crippen LogP contribution in [0.5, 0.6) is 0 Å². The summed E-state index contributed by atoms with van der Waals surface area (Å²) in [7, 11) is 0. The molecule has 0 unspecified atom stereocenters. The van der Waals surface area contributed by atoms with E-state index in [4.69, 9.17) is 0 Å². The van der Waals surface area contributed by atoms with Crippen LogP contribution >= 0.6 is 0 Å². The summed E-state index contributed by atoms with van der Waals surface area (Å²) >= 11 is 0. The lowest BCUT2D eigenvalue weighted by Gasteiger charge is -2.35. The highest BCUT2D eigenvalue weighted by Gasteiger charge is 2.37. The summed E-state index contributed by atoms with van der Waals surface area (Å²) in [5.74, 6) is 0.0939. The molecular weight excluding hydrogens is 496 g/mol. The molecule has 196 valence electrons. The van der Waals surface area contributed by atoms with E-state index in [0.717, 1.165) is 44.5 Å². The molecule has 0 saturated carbocycles. The van der Waals surface area contributed by atoms with E-state index in [2.05, 4.69) is 147 Å². The lowest BCUT2D eigenvalue weighted by atomic mass is 9.67. The molecule has 0 bridgehead atoms. The first-order valence-corrected chi connectivity index (χ1v) is 14.1.